The van der Waals surface area contributed by atoms with Crippen LogP contribution in [-0.2, 0) is 9.84 Å². The van der Waals surface area contributed by atoms with Crippen molar-refractivity contribution < 1.29 is 13.2 Å². The molecule has 1 aromatic carbocycles. The number of hydrogen-bond donors (Lipinski definition) is 0. The molecule has 94 valence electrons. The molecule has 7 heteroatoms. The van der Waals surface area contributed by atoms with Gasteiger partial charge in [-0.2, -0.15) is 0 Å². The van der Waals surface area contributed by atoms with Crippen molar-refractivity contribution in [1.82, 2.24) is 0 Å². The van der Waals surface area contributed by atoms with Gasteiger partial charge in [0.05, 0.1) is 5.02 Å². The van der Waals surface area contributed by atoms with Gasteiger partial charge in [0.2, 0.25) is 0 Å². The second-order valence-corrected chi connectivity index (χ2v) is 8.56. The molecule has 17 heavy (non-hydrogen) atoms. The van der Waals surface area contributed by atoms with Crippen LogP contribution in [0.3, 0.4) is 0 Å². The summed E-state index contributed by atoms with van der Waals surface area (Å²) >= 11 is 13.2. The zero-order valence-electron chi connectivity index (χ0n) is 8.78. The molecule has 0 aliphatic heterocycles. The molecule has 3 nitrogen and oxygen atoms in total. The summed E-state index contributed by atoms with van der Waals surface area (Å²) < 4.78 is 22.1. The molecule has 0 aliphatic rings. The van der Waals surface area contributed by atoms with E-state index in [0.717, 1.165) is 0 Å². The third-order valence-electron chi connectivity index (χ3n) is 2.12. The molecule has 0 spiro atoms. The molecule has 1 atom stereocenters. The van der Waals surface area contributed by atoms with Crippen LogP contribution in [0.5, 0.6) is 0 Å². The zero-order chi connectivity index (χ0) is 13.2. The number of Topliss-reactive ketones (excluding diaryl/α,β-unsaturated/α-hetero) is 1. The third-order valence-corrected chi connectivity index (χ3v) is 7.21. The van der Waals surface area contributed by atoms with Gasteiger partial charge in [-0.15, -0.1) is 0 Å². The Bertz CT molecular complexity index is 542. The molecule has 0 radical (unpaired) electrons. The van der Waals surface area contributed by atoms with E-state index in [0.29, 0.717) is 5.02 Å². The fourth-order valence-electron chi connectivity index (χ4n) is 1.12. The Morgan fingerprint density at radius 1 is 1.41 bits per heavy atom. The number of carbonyl (C=O) groups excluding carboxylic acids is 1. The van der Waals surface area contributed by atoms with E-state index < -0.39 is 18.9 Å². The van der Waals surface area contributed by atoms with Crippen LogP contribution in [0, 0.1) is 0 Å². The van der Waals surface area contributed by atoms with Crippen molar-refractivity contribution in [2.45, 2.75) is 10.2 Å². The smallest absolute Gasteiger partial charge is 0.192 e. The Balaban J connectivity index is 3.14. The van der Waals surface area contributed by atoms with Crippen LogP contribution in [0.15, 0.2) is 18.2 Å². The Kier molecular flexibility index (Phi) is 5.24. The molecule has 1 rings (SSSR count). The second-order valence-electron chi connectivity index (χ2n) is 3.26. The Morgan fingerprint density at radius 2 is 2.00 bits per heavy atom. The van der Waals surface area contributed by atoms with Gasteiger partial charge in [0.25, 0.3) is 0 Å². The maximum absolute atomic E-state index is 12.0. The largest absolute Gasteiger partial charge is 0.292 e. The van der Waals surface area contributed by atoms with E-state index in [1.54, 1.807) is 22.6 Å². The number of hydrogen-bond acceptors (Lipinski definition) is 3. The van der Waals surface area contributed by atoms with E-state index in [9.17, 15) is 13.2 Å². The topological polar surface area (TPSA) is 51.2 Å². The molecule has 0 aliphatic carbocycles. The van der Waals surface area contributed by atoms with Crippen molar-refractivity contribution >= 4 is 61.4 Å². The molecule has 0 amide bonds. The SMILES string of the molecule is CCS(=O)(=O)[C@@H](I)C(=O)c1ccc(Cl)cc1Cl. The highest BCUT2D eigenvalue weighted by atomic mass is 127. The highest BCUT2D eigenvalue weighted by molar-refractivity contribution is 14.1. The lowest BCUT2D eigenvalue weighted by Gasteiger charge is -2.10. The Morgan fingerprint density at radius 3 is 2.47 bits per heavy atom. The number of benzene rings is 1. The first-order chi connectivity index (χ1) is 7.79. The normalized spacial score (nSPS) is 13.4. The van der Waals surface area contributed by atoms with Crippen LogP contribution in [0.4, 0.5) is 0 Å². The summed E-state index contributed by atoms with van der Waals surface area (Å²) in [6.07, 6.45) is 0. The van der Waals surface area contributed by atoms with Crippen LogP contribution in [0.25, 0.3) is 0 Å². The van der Waals surface area contributed by atoms with Gasteiger partial charge in [-0.3, -0.25) is 4.79 Å². The standard InChI is InChI=1S/C10H9Cl2IO3S/c1-2-17(15,16)10(13)9(14)7-4-3-6(11)5-8(7)12/h3-5,10H,2H2,1H3/t10-/m1/s1. The minimum Gasteiger partial charge on any atom is -0.292 e. The molecule has 0 N–H and O–H groups in total. The maximum Gasteiger partial charge on any atom is 0.192 e. The number of ketones is 1. The lowest BCUT2D eigenvalue weighted by Crippen LogP contribution is -2.26. The third kappa shape index (κ3) is 3.56. The van der Waals surface area contributed by atoms with E-state index in [-0.39, 0.29) is 16.3 Å². The van der Waals surface area contributed by atoms with Crippen molar-refractivity contribution in [3.8, 4) is 0 Å². The number of rotatable bonds is 4. The number of sulfone groups is 1. The summed E-state index contributed by atoms with van der Waals surface area (Å²) in [6.45, 7) is 1.50. The first kappa shape index (κ1) is 15.2. The fourth-order valence-corrected chi connectivity index (χ4v) is 3.78. The van der Waals surface area contributed by atoms with Crippen molar-refractivity contribution in [1.29, 1.82) is 0 Å². The van der Waals surface area contributed by atoms with Crippen LogP contribution in [-0.4, -0.2) is 23.2 Å². The van der Waals surface area contributed by atoms with Gasteiger partial charge in [-0.1, -0.05) is 52.7 Å². The molecule has 0 heterocycles. The highest BCUT2D eigenvalue weighted by Gasteiger charge is 2.30. The molecule has 0 fully saturated rings. The second kappa shape index (κ2) is 5.86. The first-order valence-electron chi connectivity index (χ1n) is 4.64. The van der Waals surface area contributed by atoms with E-state index in [1.807, 2.05) is 0 Å². The van der Waals surface area contributed by atoms with Crippen LogP contribution < -0.4 is 0 Å². The van der Waals surface area contributed by atoms with E-state index in [4.69, 9.17) is 23.2 Å². The molecule has 0 aromatic heterocycles. The summed E-state index contributed by atoms with van der Waals surface area (Å²) in [5, 5.41) is 0.561. The summed E-state index contributed by atoms with van der Waals surface area (Å²) in [5.41, 5.74) is 0.174. The van der Waals surface area contributed by atoms with Crippen molar-refractivity contribution in [3.05, 3.63) is 33.8 Å². The van der Waals surface area contributed by atoms with Gasteiger partial charge in [0.1, 0.15) is 0 Å². The molecule has 1 aromatic rings. The summed E-state index contributed by atoms with van der Waals surface area (Å²) in [7, 11) is -3.43. The Labute approximate surface area is 124 Å². The van der Waals surface area contributed by atoms with Crippen LogP contribution in [0.1, 0.15) is 17.3 Å². The molecule has 0 bridgehead atoms. The lowest BCUT2D eigenvalue weighted by atomic mass is 10.1. The quantitative estimate of drug-likeness (QED) is 0.437. The van der Waals surface area contributed by atoms with Gasteiger partial charge in [-0.25, -0.2) is 8.42 Å². The monoisotopic (exact) mass is 406 g/mol. The van der Waals surface area contributed by atoms with Gasteiger partial charge in [0, 0.05) is 16.3 Å². The van der Waals surface area contributed by atoms with Crippen LogP contribution in [0.2, 0.25) is 10.0 Å². The predicted octanol–water partition coefficient (Wildman–Crippen LogP) is 3.37. The van der Waals surface area contributed by atoms with Gasteiger partial charge in [-0.05, 0) is 18.2 Å². The predicted molar refractivity (Wildman–Crippen MR) is 78.1 cm³/mol. The summed E-state index contributed by atoms with van der Waals surface area (Å²) in [6, 6.07) is 4.35. The average molecular weight is 407 g/mol. The summed E-state index contributed by atoms with van der Waals surface area (Å²) in [4.78, 5) is 12.0. The zero-order valence-corrected chi connectivity index (χ0v) is 13.3. The average Bonchev–Trinajstić information content (AvgIpc) is 2.27. The van der Waals surface area contributed by atoms with Gasteiger partial charge in [0.15, 0.2) is 18.9 Å². The van der Waals surface area contributed by atoms with E-state index >= 15 is 0 Å². The molecular formula is C10H9Cl2IO3S. The first-order valence-corrected chi connectivity index (χ1v) is 8.36. The van der Waals surface area contributed by atoms with Gasteiger partial charge >= 0.3 is 0 Å². The number of carbonyl (C=O) groups is 1. The van der Waals surface area contributed by atoms with Crippen LogP contribution >= 0.6 is 45.8 Å². The number of halogens is 3. The van der Waals surface area contributed by atoms with Crippen molar-refractivity contribution in [2.75, 3.05) is 5.75 Å². The highest BCUT2D eigenvalue weighted by Crippen LogP contribution is 2.25. The fraction of sp³-hybridized carbons (Fsp3) is 0.300. The maximum atomic E-state index is 12.0. The number of alkyl halides is 1. The minimum absolute atomic E-state index is 0.0858. The van der Waals surface area contributed by atoms with Crippen molar-refractivity contribution in [2.24, 2.45) is 0 Å². The minimum atomic E-state index is -3.43. The lowest BCUT2D eigenvalue weighted by molar-refractivity contribution is 0.101. The molecular weight excluding hydrogens is 398 g/mol. The molecule has 0 unspecified atom stereocenters. The summed E-state index contributed by atoms with van der Waals surface area (Å²) in [5.74, 6) is -0.605. The molecule has 0 saturated carbocycles. The Hall–Kier alpha value is 0.150. The van der Waals surface area contributed by atoms with Crippen molar-refractivity contribution in [3.63, 3.8) is 0 Å². The van der Waals surface area contributed by atoms with E-state index in [1.165, 1.54) is 25.1 Å². The molecule has 0 saturated heterocycles. The van der Waals surface area contributed by atoms with Gasteiger partial charge < -0.3 is 0 Å². The van der Waals surface area contributed by atoms with E-state index in [2.05, 4.69) is 0 Å².